The third kappa shape index (κ3) is 2.95. The van der Waals surface area contributed by atoms with E-state index in [1.165, 1.54) is 0 Å². The van der Waals surface area contributed by atoms with Crippen LogP contribution in [-0.4, -0.2) is 37.4 Å². The largest absolute Gasteiger partial charge is 0.422 e. The minimum absolute atomic E-state index is 0.0193. The monoisotopic (exact) mass is 329 g/mol. The van der Waals surface area contributed by atoms with E-state index in [1.807, 2.05) is 12.1 Å². The second kappa shape index (κ2) is 6.37. The van der Waals surface area contributed by atoms with E-state index in [2.05, 4.69) is 5.32 Å². The summed E-state index contributed by atoms with van der Waals surface area (Å²) in [6, 6.07) is 8.71. The number of rotatable bonds is 2. The molecule has 0 spiro atoms. The van der Waals surface area contributed by atoms with Gasteiger partial charge in [0.1, 0.15) is 11.1 Å². The molecule has 0 bridgehead atoms. The van der Waals surface area contributed by atoms with Gasteiger partial charge in [0.2, 0.25) is 0 Å². The zero-order valence-corrected chi connectivity index (χ0v) is 13.2. The van der Waals surface area contributed by atoms with Crippen LogP contribution in [0.1, 0.15) is 29.6 Å². The molecule has 1 aliphatic heterocycles. The molecule has 24 heavy (non-hydrogen) atoms. The van der Waals surface area contributed by atoms with Gasteiger partial charge in [-0.3, -0.25) is 4.79 Å². The number of ether oxygens (including phenoxy) is 2. The van der Waals surface area contributed by atoms with Gasteiger partial charge < -0.3 is 19.2 Å². The van der Waals surface area contributed by atoms with Crippen LogP contribution in [0.25, 0.3) is 11.0 Å². The van der Waals surface area contributed by atoms with Gasteiger partial charge in [-0.25, -0.2) is 4.79 Å². The lowest BCUT2D eigenvalue weighted by molar-refractivity contribution is -0.157. The van der Waals surface area contributed by atoms with Gasteiger partial charge in [0.15, 0.2) is 0 Å². The van der Waals surface area contributed by atoms with Crippen molar-refractivity contribution in [3.8, 4) is 0 Å². The van der Waals surface area contributed by atoms with E-state index in [0.717, 1.165) is 18.2 Å². The van der Waals surface area contributed by atoms with Crippen molar-refractivity contribution in [3.05, 3.63) is 46.3 Å². The zero-order valence-electron chi connectivity index (χ0n) is 13.2. The molecule has 1 N–H and O–H groups in total. The molecular weight excluding hydrogens is 310 g/mol. The first-order chi connectivity index (χ1) is 11.7. The van der Waals surface area contributed by atoms with Crippen LogP contribution in [0, 0.1) is 0 Å². The number of amides is 1. The van der Waals surface area contributed by atoms with Crippen LogP contribution in [0.3, 0.4) is 0 Å². The van der Waals surface area contributed by atoms with Crippen molar-refractivity contribution < 1.29 is 18.7 Å². The molecule has 1 saturated carbocycles. The Bertz CT molecular complexity index is 814. The molecule has 2 aromatic rings. The van der Waals surface area contributed by atoms with E-state index < -0.39 is 11.5 Å². The Morgan fingerprint density at radius 1 is 1.08 bits per heavy atom. The normalized spacial score (nSPS) is 26.8. The molecule has 3 unspecified atom stereocenters. The first-order valence-electron chi connectivity index (χ1n) is 8.27. The van der Waals surface area contributed by atoms with Crippen molar-refractivity contribution in [3.63, 3.8) is 0 Å². The Labute approximate surface area is 138 Å². The van der Waals surface area contributed by atoms with Gasteiger partial charge in [-0.05, 0) is 31.4 Å². The topological polar surface area (TPSA) is 77.8 Å². The van der Waals surface area contributed by atoms with Gasteiger partial charge in [-0.15, -0.1) is 0 Å². The van der Waals surface area contributed by atoms with Gasteiger partial charge in [0, 0.05) is 11.4 Å². The van der Waals surface area contributed by atoms with Gasteiger partial charge in [0.25, 0.3) is 5.91 Å². The number of carbonyl (C=O) groups excluding carboxylic acids is 1. The number of carbonyl (C=O) groups is 1. The molecule has 1 aliphatic carbocycles. The standard InChI is InChI=1S/C18H19NO5/c20-17(13-9-11-3-1-2-4-14(11)24-18(13)21)19-12-5-6-15-16(10-12)23-8-7-22-15/h1-4,9,12,15-16H,5-8,10H2,(H,19,20). The minimum atomic E-state index is -0.614. The molecule has 0 radical (unpaired) electrons. The fraction of sp³-hybridized carbons (Fsp3) is 0.444. The van der Waals surface area contributed by atoms with Crippen LogP contribution in [0.15, 0.2) is 39.5 Å². The van der Waals surface area contributed by atoms with E-state index in [0.29, 0.717) is 25.2 Å². The smallest absolute Gasteiger partial charge is 0.349 e. The molecular formula is C18H19NO5. The van der Waals surface area contributed by atoms with Crippen LogP contribution in [0.4, 0.5) is 0 Å². The minimum Gasteiger partial charge on any atom is -0.422 e. The summed E-state index contributed by atoms with van der Waals surface area (Å²) in [6.45, 7) is 1.23. The summed E-state index contributed by atoms with van der Waals surface area (Å²) in [6.07, 6.45) is 2.51. The highest BCUT2D eigenvalue weighted by Gasteiger charge is 2.35. The number of fused-ring (bicyclic) bond motifs is 2. The summed E-state index contributed by atoms with van der Waals surface area (Å²) in [4.78, 5) is 24.6. The average Bonchev–Trinajstić information content (AvgIpc) is 2.61. The quantitative estimate of drug-likeness (QED) is 0.851. The Hall–Kier alpha value is -2.18. The van der Waals surface area contributed by atoms with Gasteiger partial charge in [0.05, 0.1) is 25.4 Å². The lowest BCUT2D eigenvalue weighted by Gasteiger charge is -2.39. The summed E-state index contributed by atoms with van der Waals surface area (Å²) in [7, 11) is 0. The highest BCUT2D eigenvalue weighted by molar-refractivity contribution is 5.96. The van der Waals surface area contributed by atoms with Crippen molar-refractivity contribution in [2.45, 2.75) is 37.5 Å². The number of benzene rings is 1. The van der Waals surface area contributed by atoms with Crippen LogP contribution in [-0.2, 0) is 9.47 Å². The fourth-order valence-corrected chi connectivity index (χ4v) is 3.48. The second-order valence-corrected chi connectivity index (χ2v) is 6.29. The summed E-state index contributed by atoms with van der Waals surface area (Å²) < 4.78 is 16.6. The van der Waals surface area contributed by atoms with Crippen LogP contribution < -0.4 is 10.9 Å². The molecule has 6 heteroatoms. The number of hydrogen-bond acceptors (Lipinski definition) is 5. The predicted molar refractivity (Wildman–Crippen MR) is 87.1 cm³/mol. The summed E-state index contributed by atoms with van der Waals surface area (Å²) >= 11 is 0. The molecule has 2 fully saturated rings. The summed E-state index contributed by atoms with van der Waals surface area (Å²) in [5.74, 6) is -0.394. The van der Waals surface area contributed by atoms with E-state index in [1.54, 1.807) is 18.2 Å². The molecule has 2 heterocycles. The molecule has 4 rings (SSSR count). The van der Waals surface area contributed by atoms with Crippen molar-refractivity contribution in [2.75, 3.05) is 13.2 Å². The van der Waals surface area contributed by atoms with Gasteiger partial charge >= 0.3 is 5.63 Å². The number of nitrogens with one attached hydrogen (secondary N) is 1. The number of hydrogen-bond donors (Lipinski definition) is 1. The average molecular weight is 329 g/mol. The molecule has 1 aromatic carbocycles. The van der Waals surface area contributed by atoms with Crippen molar-refractivity contribution in [1.29, 1.82) is 0 Å². The maximum absolute atomic E-state index is 12.5. The summed E-state index contributed by atoms with van der Waals surface area (Å²) in [5.41, 5.74) is -0.0962. The van der Waals surface area contributed by atoms with E-state index in [-0.39, 0.29) is 23.8 Å². The van der Waals surface area contributed by atoms with Crippen molar-refractivity contribution in [1.82, 2.24) is 5.32 Å². The Balaban J connectivity index is 1.50. The number of para-hydroxylation sites is 1. The molecule has 1 amide bonds. The summed E-state index contributed by atoms with van der Waals surface area (Å²) in [5, 5.41) is 3.67. The maximum Gasteiger partial charge on any atom is 0.349 e. The molecule has 2 aliphatic rings. The molecule has 1 aromatic heterocycles. The second-order valence-electron chi connectivity index (χ2n) is 6.29. The molecule has 126 valence electrons. The Morgan fingerprint density at radius 2 is 1.88 bits per heavy atom. The fourth-order valence-electron chi connectivity index (χ4n) is 3.48. The molecule has 6 nitrogen and oxygen atoms in total. The predicted octanol–water partition coefficient (Wildman–Crippen LogP) is 1.86. The lowest BCUT2D eigenvalue weighted by Crippen LogP contribution is -2.49. The molecule has 3 atom stereocenters. The SMILES string of the molecule is O=C(NC1CCC2OCCOC2C1)c1cc2ccccc2oc1=O. The highest BCUT2D eigenvalue weighted by atomic mass is 16.6. The first kappa shape index (κ1) is 15.4. The Kier molecular flexibility index (Phi) is 4.08. The van der Waals surface area contributed by atoms with Crippen LogP contribution in [0.2, 0.25) is 0 Å². The van der Waals surface area contributed by atoms with Crippen molar-refractivity contribution in [2.24, 2.45) is 0 Å². The van der Waals surface area contributed by atoms with Crippen LogP contribution >= 0.6 is 0 Å². The molecule has 1 saturated heterocycles. The maximum atomic E-state index is 12.5. The lowest BCUT2D eigenvalue weighted by atomic mass is 9.89. The first-order valence-corrected chi connectivity index (χ1v) is 8.27. The van der Waals surface area contributed by atoms with E-state index in [4.69, 9.17) is 13.9 Å². The van der Waals surface area contributed by atoms with Gasteiger partial charge in [-0.1, -0.05) is 18.2 Å². The highest BCUT2D eigenvalue weighted by Crippen LogP contribution is 2.27. The van der Waals surface area contributed by atoms with E-state index in [9.17, 15) is 9.59 Å². The van der Waals surface area contributed by atoms with Crippen molar-refractivity contribution >= 4 is 16.9 Å². The third-order valence-electron chi connectivity index (χ3n) is 4.70. The van der Waals surface area contributed by atoms with Gasteiger partial charge in [-0.2, -0.15) is 0 Å². The Morgan fingerprint density at radius 3 is 2.75 bits per heavy atom. The van der Waals surface area contributed by atoms with E-state index >= 15 is 0 Å². The van der Waals surface area contributed by atoms with Crippen LogP contribution in [0.5, 0.6) is 0 Å². The zero-order chi connectivity index (χ0) is 16.5. The third-order valence-corrected chi connectivity index (χ3v) is 4.70.